The summed E-state index contributed by atoms with van der Waals surface area (Å²) in [6.45, 7) is -0.203. The van der Waals surface area contributed by atoms with Crippen molar-refractivity contribution in [1.82, 2.24) is 0 Å². The number of hydrogen-bond acceptors (Lipinski definition) is 5. The zero-order valence-corrected chi connectivity index (χ0v) is 14.6. The summed E-state index contributed by atoms with van der Waals surface area (Å²) in [5, 5.41) is 2.87. The maximum absolute atomic E-state index is 12.2. The summed E-state index contributed by atoms with van der Waals surface area (Å²) in [7, 11) is 3.14. The highest BCUT2D eigenvalue weighted by atomic mass is 16.5. The Labute approximate surface area is 151 Å². The van der Waals surface area contributed by atoms with Gasteiger partial charge in [0.2, 0.25) is 5.91 Å². The summed E-state index contributed by atoms with van der Waals surface area (Å²) in [5.74, 6) is 0.888. The predicted molar refractivity (Wildman–Crippen MR) is 95.8 cm³/mol. The van der Waals surface area contributed by atoms with E-state index < -0.39 is 5.91 Å². The third-order valence-corrected chi connectivity index (χ3v) is 4.22. The van der Waals surface area contributed by atoms with Gasteiger partial charge in [-0.15, -0.1) is 0 Å². The van der Waals surface area contributed by atoms with E-state index in [4.69, 9.17) is 19.9 Å². The Morgan fingerprint density at radius 1 is 1.19 bits per heavy atom. The highest BCUT2D eigenvalue weighted by Crippen LogP contribution is 2.45. The van der Waals surface area contributed by atoms with Gasteiger partial charge in [-0.05, 0) is 17.7 Å². The van der Waals surface area contributed by atoms with Crippen LogP contribution in [0.4, 0.5) is 5.69 Å². The molecule has 7 nitrogen and oxygen atoms in total. The first-order valence-corrected chi connectivity index (χ1v) is 8.08. The van der Waals surface area contributed by atoms with Crippen LogP contribution in [0.25, 0.3) is 0 Å². The average Bonchev–Trinajstić information content (AvgIpc) is 2.64. The van der Waals surface area contributed by atoms with Crippen molar-refractivity contribution in [3.05, 3.63) is 47.5 Å². The van der Waals surface area contributed by atoms with E-state index in [9.17, 15) is 9.59 Å². The van der Waals surface area contributed by atoms with Crippen LogP contribution < -0.4 is 25.3 Å². The second-order valence-electron chi connectivity index (χ2n) is 5.92. The van der Waals surface area contributed by atoms with Crippen LogP contribution in [0.3, 0.4) is 0 Å². The van der Waals surface area contributed by atoms with Crippen molar-refractivity contribution in [3.63, 3.8) is 0 Å². The molecule has 0 aromatic heterocycles. The van der Waals surface area contributed by atoms with Crippen molar-refractivity contribution in [3.8, 4) is 17.2 Å². The molecule has 3 N–H and O–H groups in total. The molecule has 0 fully saturated rings. The molecule has 2 amide bonds. The van der Waals surface area contributed by atoms with Gasteiger partial charge in [-0.3, -0.25) is 9.59 Å². The van der Waals surface area contributed by atoms with E-state index in [1.807, 2.05) is 12.1 Å². The molecule has 1 aliphatic rings. The van der Waals surface area contributed by atoms with Crippen molar-refractivity contribution < 1.29 is 23.8 Å². The molecule has 7 heteroatoms. The second kappa shape index (κ2) is 7.35. The van der Waals surface area contributed by atoms with Crippen LogP contribution in [-0.2, 0) is 9.59 Å². The van der Waals surface area contributed by atoms with Crippen molar-refractivity contribution in [1.29, 1.82) is 0 Å². The lowest BCUT2D eigenvalue weighted by atomic mass is 9.84. The number of fused-ring (bicyclic) bond motifs is 1. The lowest BCUT2D eigenvalue weighted by Crippen LogP contribution is -2.24. The monoisotopic (exact) mass is 356 g/mol. The molecular weight excluding hydrogens is 336 g/mol. The first-order chi connectivity index (χ1) is 12.5. The largest absolute Gasteiger partial charge is 0.497 e. The highest BCUT2D eigenvalue weighted by Gasteiger charge is 2.30. The molecule has 2 aromatic carbocycles. The number of carbonyl (C=O) groups excluding carboxylic acids is 2. The number of amides is 2. The number of carbonyl (C=O) groups is 2. The second-order valence-corrected chi connectivity index (χ2v) is 5.92. The number of anilines is 1. The molecular formula is C19H20N2O5. The third-order valence-electron chi connectivity index (χ3n) is 4.22. The van der Waals surface area contributed by atoms with Gasteiger partial charge in [-0.1, -0.05) is 12.1 Å². The third kappa shape index (κ3) is 3.56. The quantitative estimate of drug-likeness (QED) is 0.825. The Bertz CT molecular complexity index is 850. The predicted octanol–water partition coefficient (Wildman–Crippen LogP) is 2.04. The molecule has 136 valence electrons. The van der Waals surface area contributed by atoms with Crippen LogP contribution in [0, 0.1) is 0 Å². The Morgan fingerprint density at radius 2 is 2.00 bits per heavy atom. The zero-order chi connectivity index (χ0) is 18.7. The van der Waals surface area contributed by atoms with Crippen molar-refractivity contribution in [2.75, 3.05) is 26.1 Å². The fourth-order valence-electron chi connectivity index (χ4n) is 3.10. The van der Waals surface area contributed by atoms with Crippen molar-refractivity contribution in [2.45, 2.75) is 12.3 Å². The smallest absolute Gasteiger partial charge is 0.255 e. The van der Waals surface area contributed by atoms with Gasteiger partial charge in [0.15, 0.2) is 6.61 Å². The lowest BCUT2D eigenvalue weighted by molar-refractivity contribution is -0.120. The summed E-state index contributed by atoms with van der Waals surface area (Å²) < 4.78 is 16.2. The summed E-state index contributed by atoms with van der Waals surface area (Å²) in [5.41, 5.74) is 7.54. The molecule has 1 heterocycles. The fraction of sp³-hybridized carbons (Fsp3) is 0.263. The Morgan fingerprint density at radius 3 is 2.69 bits per heavy atom. The van der Waals surface area contributed by atoms with Gasteiger partial charge in [0.1, 0.15) is 17.2 Å². The molecule has 0 bridgehead atoms. The Balaban J connectivity index is 2.03. The first-order valence-electron chi connectivity index (χ1n) is 8.08. The van der Waals surface area contributed by atoms with Gasteiger partial charge < -0.3 is 25.3 Å². The van der Waals surface area contributed by atoms with Crippen LogP contribution in [0.15, 0.2) is 36.4 Å². The molecule has 0 radical (unpaired) electrons. The van der Waals surface area contributed by atoms with E-state index in [0.29, 0.717) is 22.9 Å². The molecule has 0 saturated heterocycles. The normalized spacial score (nSPS) is 15.6. The molecule has 0 spiro atoms. The maximum Gasteiger partial charge on any atom is 0.255 e. The summed E-state index contributed by atoms with van der Waals surface area (Å²) in [4.78, 5) is 23.1. The number of methoxy groups -OCH3 is 2. The average molecular weight is 356 g/mol. The zero-order valence-electron chi connectivity index (χ0n) is 14.6. The summed E-state index contributed by atoms with van der Waals surface area (Å²) >= 11 is 0. The number of nitrogens with two attached hydrogens (primary N) is 1. The number of ether oxygens (including phenoxy) is 3. The van der Waals surface area contributed by atoms with Crippen molar-refractivity contribution in [2.24, 2.45) is 5.73 Å². The van der Waals surface area contributed by atoms with Crippen LogP contribution in [-0.4, -0.2) is 32.6 Å². The minimum Gasteiger partial charge on any atom is -0.497 e. The maximum atomic E-state index is 12.2. The lowest BCUT2D eigenvalue weighted by Gasteiger charge is -2.28. The molecule has 1 atom stereocenters. The van der Waals surface area contributed by atoms with Crippen LogP contribution in [0.5, 0.6) is 17.2 Å². The van der Waals surface area contributed by atoms with Crippen LogP contribution in [0.1, 0.15) is 23.5 Å². The van der Waals surface area contributed by atoms with E-state index >= 15 is 0 Å². The molecule has 1 aliphatic heterocycles. The number of rotatable bonds is 6. The molecule has 0 saturated carbocycles. The van der Waals surface area contributed by atoms with Gasteiger partial charge in [-0.25, -0.2) is 0 Å². The summed E-state index contributed by atoms with van der Waals surface area (Å²) in [6, 6.07) is 10.8. The van der Waals surface area contributed by atoms with E-state index in [0.717, 1.165) is 11.1 Å². The van der Waals surface area contributed by atoms with Crippen LogP contribution >= 0.6 is 0 Å². The molecule has 3 rings (SSSR count). The van der Waals surface area contributed by atoms with Gasteiger partial charge in [0.05, 0.1) is 19.9 Å². The number of benzene rings is 2. The van der Waals surface area contributed by atoms with E-state index in [2.05, 4.69) is 5.32 Å². The van der Waals surface area contributed by atoms with Crippen LogP contribution in [0.2, 0.25) is 0 Å². The van der Waals surface area contributed by atoms with Gasteiger partial charge in [0, 0.05) is 30.0 Å². The minimum atomic E-state index is -0.549. The highest BCUT2D eigenvalue weighted by molar-refractivity contribution is 5.96. The first kappa shape index (κ1) is 17.6. The molecule has 26 heavy (non-hydrogen) atoms. The molecule has 2 aromatic rings. The van der Waals surface area contributed by atoms with Gasteiger partial charge >= 0.3 is 0 Å². The minimum absolute atomic E-state index is 0.0961. The van der Waals surface area contributed by atoms with Gasteiger partial charge in [0.25, 0.3) is 5.91 Å². The van der Waals surface area contributed by atoms with E-state index in [-0.39, 0.29) is 24.9 Å². The van der Waals surface area contributed by atoms with E-state index in [1.54, 1.807) is 38.5 Å². The Hall–Kier alpha value is -3.22. The van der Waals surface area contributed by atoms with E-state index in [1.165, 1.54) is 0 Å². The fourth-order valence-corrected chi connectivity index (χ4v) is 3.10. The summed E-state index contributed by atoms with van der Waals surface area (Å²) in [6.07, 6.45) is 0.273. The van der Waals surface area contributed by atoms with Gasteiger partial charge in [-0.2, -0.15) is 0 Å². The SMILES string of the molecule is COc1cc2c(c(OC)c1)C(c1cccc(OCC(N)=O)c1)CC(=O)N2. The van der Waals surface area contributed by atoms with Crippen molar-refractivity contribution >= 4 is 17.5 Å². The number of hydrogen-bond donors (Lipinski definition) is 2. The number of primary amides is 1. The standard InChI is InChI=1S/C19H20N2O5/c1-24-13-7-15-19(16(8-13)25-2)14(9-18(23)21-15)11-4-3-5-12(6-11)26-10-17(20)22/h3-8,14H,9-10H2,1-2H3,(H2,20,22)(H,21,23). The molecule has 0 aliphatic carbocycles. The topological polar surface area (TPSA) is 99.9 Å². The Kier molecular flexibility index (Phi) is 4.97. The molecule has 1 unspecified atom stereocenters. The number of nitrogens with one attached hydrogen (secondary N) is 1.